The first kappa shape index (κ1) is 19.9. The highest BCUT2D eigenvalue weighted by atomic mass is 32.2. The molecular formula is C19H28N2O5S. The van der Waals surface area contributed by atoms with E-state index in [-0.39, 0.29) is 23.4 Å². The lowest BCUT2D eigenvalue weighted by Crippen LogP contribution is -2.52. The van der Waals surface area contributed by atoms with E-state index >= 15 is 0 Å². The average molecular weight is 397 g/mol. The molecule has 1 heterocycles. The molecule has 0 aromatic heterocycles. The van der Waals surface area contributed by atoms with Gasteiger partial charge in [0.2, 0.25) is 15.9 Å². The fraction of sp³-hybridized carbons (Fsp3) is 0.632. The highest BCUT2D eigenvalue weighted by Crippen LogP contribution is 2.35. The van der Waals surface area contributed by atoms with Crippen LogP contribution in [0.1, 0.15) is 38.5 Å². The highest BCUT2D eigenvalue weighted by Gasteiger charge is 2.35. The number of hydrogen-bond donors (Lipinski definition) is 1. The quantitative estimate of drug-likeness (QED) is 0.797. The minimum Gasteiger partial charge on any atom is -0.493 e. The molecule has 1 N–H and O–H groups in total. The minimum atomic E-state index is -3.81. The molecule has 2 aliphatic rings. The Morgan fingerprint density at radius 2 is 1.81 bits per heavy atom. The van der Waals surface area contributed by atoms with Crippen molar-refractivity contribution in [3.63, 3.8) is 0 Å². The number of methoxy groups -OCH3 is 2. The van der Waals surface area contributed by atoms with Crippen molar-refractivity contribution in [3.8, 4) is 11.5 Å². The number of nitrogens with one attached hydrogen (secondary N) is 1. The van der Waals surface area contributed by atoms with Gasteiger partial charge >= 0.3 is 0 Å². The molecule has 0 bridgehead atoms. The molecule has 0 radical (unpaired) electrons. The first-order valence-electron chi connectivity index (χ1n) is 9.47. The number of amides is 1. The molecule has 2 fully saturated rings. The van der Waals surface area contributed by atoms with Gasteiger partial charge in [0.1, 0.15) is 0 Å². The summed E-state index contributed by atoms with van der Waals surface area (Å²) in [7, 11) is -0.881. The lowest BCUT2D eigenvalue weighted by molar-refractivity contribution is -0.136. The Hall–Kier alpha value is -1.80. The molecule has 0 unspecified atom stereocenters. The van der Waals surface area contributed by atoms with Crippen molar-refractivity contribution in [2.24, 2.45) is 5.92 Å². The van der Waals surface area contributed by atoms with Gasteiger partial charge in [-0.15, -0.1) is 0 Å². The maximum Gasteiger partial charge on any atom is 0.241 e. The zero-order valence-corrected chi connectivity index (χ0v) is 16.8. The summed E-state index contributed by atoms with van der Waals surface area (Å²) >= 11 is 0. The second-order valence-corrected chi connectivity index (χ2v) is 8.95. The number of carbonyl (C=O) groups is 1. The number of carbonyl (C=O) groups excluding carboxylic acids is 1. The van der Waals surface area contributed by atoms with Crippen molar-refractivity contribution >= 4 is 15.9 Å². The Kier molecular flexibility index (Phi) is 6.26. The predicted molar refractivity (Wildman–Crippen MR) is 101 cm³/mol. The third-order valence-electron chi connectivity index (χ3n) is 5.64. The predicted octanol–water partition coefficient (Wildman–Crippen LogP) is 2.16. The van der Waals surface area contributed by atoms with Gasteiger partial charge in [0.15, 0.2) is 11.5 Å². The first-order chi connectivity index (χ1) is 13.0. The van der Waals surface area contributed by atoms with Crippen molar-refractivity contribution < 1.29 is 22.7 Å². The van der Waals surface area contributed by atoms with E-state index in [4.69, 9.17) is 9.47 Å². The molecular weight excluding hydrogens is 368 g/mol. The van der Waals surface area contributed by atoms with Crippen molar-refractivity contribution in [1.82, 2.24) is 9.62 Å². The number of sulfonamides is 1. The highest BCUT2D eigenvalue weighted by molar-refractivity contribution is 7.89. The minimum absolute atomic E-state index is 0.0436. The van der Waals surface area contributed by atoms with Crippen LogP contribution in [0.5, 0.6) is 11.5 Å². The molecule has 0 spiro atoms. The summed E-state index contributed by atoms with van der Waals surface area (Å²) in [6.07, 6.45) is 6.74. The van der Waals surface area contributed by atoms with Gasteiger partial charge in [0.05, 0.1) is 25.7 Å². The van der Waals surface area contributed by atoms with Gasteiger partial charge in [-0.2, -0.15) is 0 Å². The van der Waals surface area contributed by atoms with Crippen LogP contribution in [0, 0.1) is 5.92 Å². The zero-order valence-electron chi connectivity index (χ0n) is 15.9. The van der Waals surface area contributed by atoms with E-state index in [1.165, 1.54) is 51.7 Å². The molecule has 1 amide bonds. The van der Waals surface area contributed by atoms with Crippen molar-refractivity contribution in [2.75, 3.05) is 27.3 Å². The largest absolute Gasteiger partial charge is 0.493 e. The molecule has 1 aliphatic carbocycles. The Morgan fingerprint density at radius 3 is 2.56 bits per heavy atom. The summed E-state index contributed by atoms with van der Waals surface area (Å²) < 4.78 is 37.9. The second kappa shape index (κ2) is 8.48. The fourth-order valence-electron chi connectivity index (χ4n) is 4.26. The van der Waals surface area contributed by atoms with E-state index in [1.54, 1.807) is 0 Å². The molecule has 27 heavy (non-hydrogen) atoms. The van der Waals surface area contributed by atoms with Crippen LogP contribution < -0.4 is 14.2 Å². The van der Waals surface area contributed by atoms with Crippen LogP contribution in [0.3, 0.4) is 0 Å². The third-order valence-corrected chi connectivity index (χ3v) is 7.04. The number of fused-ring (bicyclic) bond motifs is 1. The molecule has 8 heteroatoms. The SMILES string of the molecule is COc1ccc(S(=O)(=O)NCC(=O)N2CCC[C@H]3CCCC[C@H]32)cc1OC. The second-order valence-electron chi connectivity index (χ2n) is 7.18. The van der Waals surface area contributed by atoms with Crippen LogP contribution in [-0.2, 0) is 14.8 Å². The van der Waals surface area contributed by atoms with Gasteiger partial charge in [0, 0.05) is 18.7 Å². The Morgan fingerprint density at radius 1 is 1.11 bits per heavy atom. The number of nitrogens with zero attached hydrogens (tertiary/aromatic N) is 1. The Bertz CT molecular complexity index is 778. The van der Waals surface area contributed by atoms with Gasteiger partial charge in [-0.05, 0) is 43.7 Å². The summed E-state index contributed by atoms with van der Waals surface area (Å²) in [5.41, 5.74) is 0. The van der Waals surface area contributed by atoms with Crippen LogP contribution >= 0.6 is 0 Å². The average Bonchev–Trinajstić information content (AvgIpc) is 2.71. The lowest BCUT2D eigenvalue weighted by atomic mass is 9.78. The van der Waals surface area contributed by atoms with Crippen molar-refractivity contribution in [3.05, 3.63) is 18.2 Å². The van der Waals surface area contributed by atoms with Gasteiger partial charge in [-0.3, -0.25) is 4.79 Å². The molecule has 150 valence electrons. The normalized spacial score (nSPS) is 22.8. The van der Waals surface area contributed by atoms with Gasteiger partial charge in [-0.25, -0.2) is 13.1 Å². The van der Waals surface area contributed by atoms with Gasteiger partial charge in [-0.1, -0.05) is 12.8 Å². The maximum absolute atomic E-state index is 12.7. The van der Waals surface area contributed by atoms with Crippen LogP contribution in [0.2, 0.25) is 0 Å². The zero-order chi connectivity index (χ0) is 19.4. The van der Waals surface area contributed by atoms with E-state index in [9.17, 15) is 13.2 Å². The Labute approximate surface area is 161 Å². The Balaban J connectivity index is 1.67. The van der Waals surface area contributed by atoms with E-state index in [2.05, 4.69) is 4.72 Å². The smallest absolute Gasteiger partial charge is 0.241 e. The number of piperidine rings is 1. The number of hydrogen-bond acceptors (Lipinski definition) is 5. The summed E-state index contributed by atoms with van der Waals surface area (Å²) in [6, 6.07) is 4.63. The monoisotopic (exact) mass is 396 g/mol. The fourth-order valence-corrected chi connectivity index (χ4v) is 5.25. The topological polar surface area (TPSA) is 84.9 Å². The summed E-state index contributed by atoms with van der Waals surface area (Å²) in [5, 5.41) is 0. The van der Waals surface area contributed by atoms with E-state index in [0.29, 0.717) is 17.4 Å². The molecule has 1 aromatic carbocycles. The lowest BCUT2D eigenvalue weighted by Gasteiger charge is -2.44. The van der Waals surface area contributed by atoms with Crippen LogP contribution in [0.4, 0.5) is 0 Å². The molecule has 3 rings (SSSR count). The summed E-state index contributed by atoms with van der Waals surface area (Å²) in [5.74, 6) is 1.20. The van der Waals surface area contributed by atoms with Crippen molar-refractivity contribution in [2.45, 2.75) is 49.5 Å². The maximum atomic E-state index is 12.7. The molecule has 1 aromatic rings. The number of likely N-dealkylation sites (tertiary alicyclic amines) is 1. The molecule has 1 saturated carbocycles. The van der Waals surface area contributed by atoms with Crippen LogP contribution in [-0.4, -0.2) is 52.6 Å². The number of rotatable bonds is 6. The van der Waals surface area contributed by atoms with E-state index in [1.807, 2.05) is 4.90 Å². The van der Waals surface area contributed by atoms with Gasteiger partial charge < -0.3 is 14.4 Å². The third kappa shape index (κ3) is 4.38. The molecule has 1 saturated heterocycles. The standard InChI is InChI=1S/C19H28N2O5S/c1-25-17-10-9-15(12-18(17)26-2)27(23,24)20-13-19(22)21-11-5-7-14-6-3-4-8-16(14)21/h9-10,12,14,16,20H,3-8,11,13H2,1-2H3/t14-,16-/m1/s1. The van der Waals surface area contributed by atoms with Crippen LogP contribution in [0.25, 0.3) is 0 Å². The van der Waals surface area contributed by atoms with Gasteiger partial charge in [0.25, 0.3) is 0 Å². The molecule has 7 nitrogen and oxygen atoms in total. The molecule has 2 atom stereocenters. The summed E-state index contributed by atoms with van der Waals surface area (Å²) in [6.45, 7) is 0.498. The first-order valence-corrected chi connectivity index (χ1v) is 11.0. The summed E-state index contributed by atoms with van der Waals surface area (Å²) in [4.78, 5) is 14.6. The van der Waals surface area contributed by atoms with E-state index < -0.39 is 10.0 Å². The van der Waals surface area contributed by atoms with Crippen LogP contribution in [0.15, 0.2) is 23.1 Å². The molecule has 1 aliphatic heterocycles. The number of ether oxygens (including phenoxy) is 2. The van der Waals surface area contributed by atoms with E-state index in [0.717, 1.165) is 25.8 Å². The van der Waals surface area contributed by atoms with Crippen molar-refractivity contribution in [1.29, 1.82) is 0 Å². The number of benzene rings is 1.